The summed E-state index contributed by atoms with van der Waals surface area (Å²) in [4.78, 5) is 38.1. The molecule has 0 bridgehead atoms. The van der Waals surface area contributed by atoms with Crippen molar-refractivity contribution in [2.24, 2.45) is 0 Å². The number of hydrogen-bond acceptors (Lipinski definition) is 4. The lowest BCUT2D eigenvalue weighted by molar-refractivity contribution is -0.192. The molecule has 0 aromatic carbocycles. The van der Waals surface area contributed by atoms with Gasteiger partial charge in [-0.1, -0.05) is 0 Å². The van der Waals surface area contributed by atoms with Gasteiger partial charge in [-0.25, -0.2) is 9.78 Å². The monoisotopic (exact) mass is 348 g/mol. The van der Waals surface area contributed by atoms with Crippen LogP contribution < -0.4 is 5.32 Å². The van der Waals surface area contributed by atoms with Gasteiger partial charge in [0.25, 0.3) is 0 Å². The van der Waals surface area contributed by atoms with Gasteiger partial charge in [-0.15, -0.1) is 0 Å². The van der Waals surface area contributed by atoms with E-state index in [4.69, 9.17) is 9.90 Å². The zero-order chi connectivity index (χ0) is 17.9. The van der Waals surface area contributed by atoms with Gasteiger partial charge in [-0.2, -0.15) is 13.2 Å². The van der Waals surface area contributed by atoms with E-state index < -0.39 is 12.1 Å². The number of carbonyl (C=O) groups is 3. The van der Waals surface area contributed by atoms with E-state index in [0.29, 0.717) is 25.9 Å². The molecule has 0 unspecified atom stereocenters. The van der Waals surface area contributed by atoms with E-state index in [1.807, 2.05) is 6.20 Å². The third-order valence-corrected chi connectivity index (χ3v) is 3.59. The van der Waals surface area contributed by atoms with Crippen LogP contribution in [0.15, 0.2) is 12.4 Å². The molecular formula is C13H15F3N4O4. The van der Waals surface area contributed by atoms with Crippen LogP contribution >= 0.6 is 0 Å². The maximum Gasteiger partial charge on any atom is 0.490 e. The van der Waals surface area contributed by atoms with Gasteiger partial charge in [0.05, 0.1) is 6.54 Å². The summed E-state index contributed by atoms with van der Waals surface area (Å²) in [6, 6.07) is -0.330. The molecule has 1 fully saturated rings. The van der Waals surface area contributed by atoms with Crippen LogP contribution in [-0.2, 0) is 27.5 Å². The molecule has 1 saturated heterocycles. The highest BCUT2D eigenvalue weighted by Crippen LogP contribution is 2.15. The van der Waals surface area contributed by atoms with Crippen molar-refractivity contribution in [1.29, 1.82) is 0 Å². The molecule has 3 heterocycles. The summed E-state index contributed by atoms with van der Waals surface area (Å²) in [7, 11) is 0. The number of alkyl halides is 3. The van der Waals surface area contributed by atoms with Crippen LogP contribution in [0.3, 0.4) is 0 Å². The second-order valence-corrected chi connectivity index (χ2v) is 5.26. The Morgan fingerprint density at radius 2 is 2.00 bits per heavy atom. The molecular weight excluding hydrogens is 333 g/mol. The molecule has 2 N–H and O–H groups in total. The summed E-state index contributed by atoms with van der Waals surface area (Å²) in [6.07, 6.45) is -0.337. The molecule has 0 spiro atoms. The zero-order valence-corrected chi connectivity index (χ0v) is 12.4. The van der Waals surface area contributed by atoms with Crippen molar-refractivity contribution in [3.8, 4) is 0 Å². The third kappa shape index (κ3) is 4.24. The number of aliphatic carboxylic acids is 1. The van der Waals surface area contributed by atoms with Crippen molar-refractivity contribution < 1.29 is 32.7 Å². The van der Waals surface area contributed by atoms with Crippen molar-refractivity contribution in [3.05, 3.63) is 18.2 Å². The molecule has 1 atom stereocenters. The van der Waals surface area contributed by atoms with Crippen molar-refractivity contribution in [3.63, 3.8) is 0 Å². The molecule has 2 aliphatic rings. The summed E-state index contributed by atoms with van der Waals surface area (Å²) >= 11 is 0. The first kappa shape index (κ1) is 17.8. The first-order valence-electron chi connectivity index (χ1n) is 7.06. The minimum absolute atomic E-state index is 0.0186. The Morgan fingerprint density at radius 3 is 2.54 bits per heavy atom. The van der Waals surface area contributed by atoms with Crippen LogP contribution in [0.4, 0.5) is 13.2 Å². The van der Waals surface area contributed by atoms with Crippen molar-refractivity contribution in [1.82, 2.24) is 19.8 Å². The normalized spacial score (nSPS) is 19.9. The number of hydrogen-bond donors (Lipinski definition) is 2. The standard InChI is InChI=1S/C11H14N4O2.C2HF3O2/c16-10-2-1-8(13-10)11(17)15-6-5-14-4-3-12-9(14)7-15;3-2(4,5)1(6)7/h3-4,8H,1-2,5-7H2,(H,13,16);(H,6,7)/t8-;/m0./s1. The Hall–Kier alpha value is -2.59. The van der Waals surface area contributed by atoms with Gasteiger partial charge >= 0.3 is 12.1 Å². The fraction of sp³-hybridized carbons (Fsp3) is 0.538. The van der Waals surface area contributed by atoms with E-state index in [-0.39, 0.29) is 17.9 Å². The number of fused-ring (bicyclic) bond motifs is 1. The molecule has 132 valence electrons. The first-order chi connectivity index (χ1) is 11.2. The first-order valence-corrected chi connectivity index (χ1v) is 7.06. The van der Waals surface area contributed by atoms with Crippen LogP contribution in [-0.4, -0.2) is 56.1 Å². The lowest BCUT2D eigenvalue weighted by atomic mass is 10.2. The highest BCUT2D eigenvalue weighted by atomic mass is 19.4. The van der Waals surface area contributed by atoms with E-state index >= 15 is 0 Å². The van der Waals surface area contributed by atoms with Gasteiger partial charge in [-0.3, -0.25) is 9.59 Å². The second kappa shape index (κ2) is 6.89. The SMILES string of the molecule is O=C(O)C(F)(F)F.O=C1CC[C@@H](C(=O)N2CCn3ccnc3C2)N1. The second-order valence-electron chi connectivity index (χ2n) is 5.26. The van der Waals surface area contributed by atoms with E-state index in [9.17, 15) is 22.8 Å². The maximum atomic E-state index is 12.2. The lowest BCUT2D eigenvalue weighted by Gasteiger charge is -2.29. The molecule has 0 aliphatic carbocycles. The quantitative estimate of drug-likeness (QED) is 0.751. The average molecular weight is 348 g/mol. The van der Waals surface area contributed by atoms with Gasteiger partial charge in [0, 0.05) is 31.9 Å². The third-order valence-electron chi connectivity index (χ3n) is 3.59. The predicted molar refractivity (Wildman–Crippen MR) is 72.5 cm³/mol. The molecule has 1 aromatic rings. The molecule has 1 aromatic heterocycles. The maximum absolute atomic E-state index is 12.2. The van der Waals surface area contributed by atoms with Crippen LogP contribution in [0.1, 0.15) is 18.7 Å². The fourth-order valence-corrected chi connectivity index (χ4v) is 2.38. The largest absolute Gasteiger partial charge is 0.490 e. The molecule has 3 rings (SSSR count). The number of halogens is 3. The van der Waals surface area contributed by atoms with Gasteiger partial charge in [0.1, 0.15) is 11.9 Å². The summed E-state index contributed by atoms with van der Waals surface area (Å²) in [5.74, 6) is -1.85. The van der Waals surface area contributed by atoms with Gasteiger partial charge in [-0.05, 0) is 6.42 Å². The highest BCUT2D eigenvalue weighted by molar-refractivity contribution is 5.90. The van der Waals surface area contributed by atoms with E-state index in [1.165, 1.54) is 0 Å². The molecule has 24 heavy (non-hydrogen) atoms. The summed E-state index contributed by atoms with van der Waals surface area (Å²) in [5, 5.41) is 9.84. The minimum Gasteiger partial charge on any atom is -0.475 e. The van der Waals surface area contributed by atoms with Crippen molar-refractivity contribution in [2.75, 3.05) is 6.54 Å². The molecule has 11 heteroatoms. The number of carboxylic acids is 1. The molecule has 2 aliphatic heterocycles. The van der Waals surface area contributed by atoms with Crippen molar-refractivity contribution >= 4 is 17.8 Å². The number of carbonyl (C=O) groups excluding carboxylic acids is 2. The number of nitrogens with one attached hydrogen (secondary N) is 1. The number of imidazole rings is 1. The number of aromatic nitrogens is 2. The Kier molecular flexibility index (Phi) is 5.10. The lowest BCUT2D eigenvalue weighted by Crippen LogP contribution is -2.47. The highest BCUT2D eigenvalue weighted by Gasteiger charge is 2.38. The number of amides is 2. The van der Waals surface area contributed by atoms with E-state index in [1.54, 1.807) is 11.1 Å². The van der Waals surface area contributed by atoms with Gasteiger partial charge in [0.2, 0.25) is 11.8 Å². The van der Waals surface area contributed by atoms with Crippen LogP contribution in [0, 0.1) is 0 Å². The van der Waals surface area contributed by atoms with E-state index in [2.05, 4.69) is 14.9 Å². The summed E-state index contributed by atoms with van der Waals surface area (Å²) < 4.78 is 33.8. The Bertz CT molecular complexity index is 643. The Labute approximate surface area is 134 Å². The Balaban J connectivity index is 0.000000256. The number of carboxylic acid groups (broad SMARTS) is 1. The average Bonchev–Trinajstić information content (AvgIpc) is 3.13. The Morgan fingerprint density at radius 1 is 1.33 bits per heavy atom. The van der Waals surface area contributed by atoms with Crippen LogP contribution in [0.25, 0.3) is 0 Å². The minimum atomic E-state index is -5.08. The van der Waals surface area contributed by atoms with Crippen molar-refractivity contribution in [2.45, 2.75) is 38.1 Å². The predicted octanol–water partition coefficient (Wildman–Crippen LogP) is 0.137. The fourth-order valence-electron chi connectivity index (χ4n) is 2.38. The number of nitrogens with zero attached hydrogens (tertiary/aromatic N) is 3. The molecule has 0 saturated carbocycles. The van der Waals surface area contributed by atoms with Crippen LogP contribution in [0.2, 0.25) is 0 Å². The zero-order valence-electron chi connectivity index (χ0n) is 12.4. The smallest absolute Gasteiger partial charge is 0.475 e. The molecule has 8 nitrogen and oxygen atoms in total. The van der Waals surface area contributed by atoms with Crippen LogP contribution in [0.5, 0.6) is 0 Å². The topological polar surface area (TPSA) is 105 Å². The van der Waals surface area contributed by atoms with E-state index in [0.717, 1.165) is 12.4 Å². The number of rotatable bonds is 1. The summed E-state index contributed by atoms with van der Waals surface area (Å²) in [6.45, 7) is 2.01. The van der Waals surface area contributed by atoms with Gasteiger partial charge in [0.15, 0.2) is 0 Å². The summed E-state index contributed by atoms with van der Waals surface area (Å²) in [5.41, 5.74) is 0. The molecule has 0 radical (unpaired) electrons. The molecule has 2 amide bonds. The van der Waals surface area contributed by atoms with Gasteiger partial charge < -0.3 is 19.9 Å².